The van der Waals surface area contributed by atoms with Gasteiger partial charge in [0.2, 0.25) is 11.8 Å². The quantitative estimate of drug-likeness (QED) is 0.658. The first kappa shape index (κ1) is 16.7. The number of fused-ring (bicyclic) bond motifs is 1. The molecule has 2 amide bonds. The third-order valence-corrected chi connectivity index (χ3v) is 5.64. The maximum Gasteiger partial charge on any atom is 0.326 e. The highest BCUT2D eigenvalue weighted by Gasteiger charge is 2.67. The monoisotopic (exact) mass is 352 g/mol. The van der Waals surface area contributed by atoms with Crippen molar-refractivity contribution in [3.63, 3.8) is 0 Å². The largest absolute Gasteiger partial charge is 0.468 e. The molecule has 4 rings (SSSR count). The molecule has 2 aliphatic heterocycles. The summed E-state index contributed by atoms with van der Waals surface area (Å²) in [7, 11) is 1.29. The molecule has 1 aromatic rings. The maximum atomic E-state index is 13.2. The highest BCUT2D eigenvalue weighted by Crippen LogP contribution is 2.47. The van der Waals surface area contributed by atoms with E-state index in [1.54, 1.807) is 31.2 Å². The Morgan fingerprint density at radius 2 is 1.77 bits per heavy atom. The molecule has 6 nitrogen and oxygen atoms in total. The van der Waals surface area contributed by atoms with E-state index in [1.807, 2.05) is 30.4 Å². The Kier molecular flexibility index (Phi) is 3.80. The van der Waals surface area contributed by atoms with Crippen LogP contribution in [-0.4, -0.2) is 36.5 Å². The van der Waals surface area contributed by atoms with Crippen LogP contribution in [0.2, 0.25) is 0 Å². The molecule has 2 heterocycles. The standard InChI is InChI=1S/C20H20N2O4/c1-20(19(25)26-2)15-14(16(21-20)12-8-6-7-9-12)17(23)22(18(15)24)13-10-4-3-5-11-13/h3-12,14-16,21H,1-2H3. The number of nitrogens with zero attached hydrogens (tertiary/aromatic N) is 1. The van der Waals surface area contributed by atoms with Crippen molar-refractivity contribution in [1.82, 2.24) is 5.32 Å². The second-order valence-electron chi connectivity index (χ2n) is 7.06. The normalized spacial score (nSPS) is 33.2. The zero-order valence-electron chi connectivity index (χ0n) is 14.6. The van der Waals surface area contributed by atoms with Gasteiger partial charge in [0.25, 0.3) is 0 Å². The number of para-hydroxylation sites is 1. The molecule has 4 atom stereocenters. The van der Waals surface area contributed by atoms with Crippen molar-refractivity contribution in [2.45, 2.75) is 18.5 Å². The summed E-state index contributed by atoms with van der Waals surface area (Å²) in [6.45, 7) is 1.65. The summed E-state index contributed by atoms with van der Waals surface area (Å²) in [5, 5.41) is 3.25. The van der Waals surface area contributed by atoms with Gasteiger partial charge in [0.15, 0.2) is 0 Å². The Morgan fingerprint density at radius 1 is 1.12 bits per heavy atom. The Morgan fingerprint density at radius 3 is 2.38 bits per heavy atom. The van der Waals surface area contributed by atoms with E-state index in [0.717, 1.165) is 0 Å². The lowest BCUT2D eigenvalue weighted by atomic mass is 9.79. The number of hydrogen-bond acceptors (Lipinski definition) is 5. The summed E-state index contributed by atoms with van der Waals surface area (Å²) in [6, 6.07) is 8.49. The molecule has 3 aliphatic rings. The number of imide groups is 1. The molecule has 2 fully saturated rings. The number of hydrogen-bond donors (Lipinski definition) is 1. The van der Waals surface area contributed by atoms with Crippen LogP contribution < -0.4 is 10.2 Å². The van der Waals surface area contributed by atoms with E-state index in [-0.39, 0.29) is 23.8 Å². The number of allylic oxidation sites excluding steroid dienone is 2. The number of benzene rings is 1. The second kappa shape index (κ2) is 5.92. The fourth-order valence-electron chi connectivity index (χ4n) is 4.44. The van der Waals surface area contributed by atoms with Crippen molar-refractivity contribution in [2.24, 2.45) is 17.8 Å². The second-order valence-corrected chi connectivity index (χ2v) is 7.06. The first-order valence-electron chi connectivity index (χ1n) is 8.63. The summed E-state index contributed by atoms with van der Waals surface area (Å²) in [5.74, 6) is -2.64. The zero-order chi connectivity index (χ0) is 18.5. The van der Waals surface area contributed by atoms with Crippen molar-refractivity contribution in [1.29, 1.82) is 0 Å². The van der Waals surface area contributed by atoms with Gasteiger partial charge in [-0.25, -0.2) is 4.90 Å². The van der Waals surface area contributed by atoms with Crippen molar-refractivity contribution in [2.75, 3.05) is 12.0 Å². The van der Waals surface area contributed by atoms with E-state index < -0.39 is 23.3 Å². The van der Waals surface area contributed by atoms with E-state index in [2.05, 4.69) is 5.32 Å². The maximum absolute atomic E-state index is 13.2. The average Bonchev–Trinajstić information content (AvgIpc) is 3.33. The Hall–Kier alpha value is -2.73. The number of carbonyl (C=O) groups is 3. The molecule has 1 N–H and O–H groups in total. The van der Waals surface area contributed by atoms with Crippen LogP contribution in [0, 0.1) is 17.8 Å². The van der Waals surface area contributed by atoms with Gasteiger partial charge in [-0.1, -0.05) is 42.5 Å². The minimum absolute atomic E-state index is 0.0542. The van der Waals surface area contributed by atoms with Crippen LogP contribution >= 0.6 is 0 Å². The molecule has 0 radical (unpaired) electrons. The molecule has 0 saturated carbocycles. The van der Waals surface area contributed by atoms with Crippen LogP contribution in [0.15, 0.2) is 54.6 Å². The van der Waals surface area contributed by atoms with E-state index in [4.69, 9.17) is 4.74 Å². The number of nitrogens with one attached hydrogen (secondary N) is 1. The fourth-order valence-corrected chi connectivity index (χ4v) is 4.44. The number of esters is 1. The van der Waals surface area contributed by atoms with Crippen LogP contribution in [-0.2, 0) is 19.1 Å². The summed E-state index contributed by atoms with van der Waals surface area (Å²) < 4.78 is 4.96. The van der Waals surface area contributed by atoms with Gasteiger partial charge in [-0.2, -0.15) is 0 Å². The average molecular weight is 352 g/mol. The minimum Gasteiger partial charge on any atom is -0.468 e. The molecule has 0 bridgehead atoms. The van der Waals surface area contributed by atoms with Crippen LogP contribution in [0.4, 0.5) is 5.69 Å². The lowest BCUT2D eigenvalue weighted by Gasteiger charge is -2.29. The highest BCUT2D eigenvalue weighted by molar-refractivity contribution is 6.24. The topological polar surface area (TPSA) is 75.7 Å². The molecule has 26 heavy (non-hydrogen) atoms. The molecular formula is C20H20N2O4. The predicted octanol–water partition coefficient (Wildman–Crippen LogP) is 1.44. The zero-order valence-corrected chi connectivity index (χ0v) is 14.6. The predicted molar refractivity (Wildman–Crippen MR) is 95.0 cm³/mol. The number of rotatable bonds is 3. The molecule has 6 heteroatoms. The number of methoxy groups -OCH3 is 1. The number of amides is 2. The van der Waals surface area contributed by atoms with Gasteiger partial charge in [0, 0.05) is 12.0 Å². The Bertz CT molecular complexity index is 819. The molecule has 0 spiro atoms. The smallest absolute Gasteiger partial charge is 0.326 e. The van der Waals surface area contributed by atoms with Gasteiger partial charge in [0.1, 0.15) is 5.54 Å². The first-order chi connectivity index (χ1) is 12.5. The van der Waals surface area contributed by atoms with E-state index >= 15 is 0 Å². The molecule has 0 aromatic heterocycles. The SMILES string of the molecule is COC(=O)C1(C)NC(C2C=CC=C2)C2C(=O)N(c3ccccc3)C(=O)C21. The number of carbonyl (C=O) groups excluding carboxylic acids is 3. The summed E-state index contributed by atoms with van der Waals surface area (Å²) in [5.41, 5.74) is -0.717. The number of anilines is 1. The lowest BCUT2D eigenvalue weighted by molar-refractivity contribution is -0.151. The number of ether oxygens (including phenoxy) is 1. The first-order valence-corrected chi connectivity index (χ1v) is 8.63. The van der Waals surface area contributed by atoms with Crippen LogP contribution in [0.1, 0.15) is 6.92 Å². The molecule has 2 saturated heterocycles. The van der Waals surface area contributed by atoms with Crippen molar-refractivity contribution < 1.29 is 19.1 Å². The van der Waals surface area contributed by atoms with Crippen molar-refractivity contribution in [3.05, 3.63) is 54.6 Å². The fraction of sp³-hybridized carbons (Fsp3) is 0.350. The molecule has 1 aromatic carbocycles. The van der Waals surface area contributed by atoms with Gasteiger partial charge in [-0.3, -0.25) is 19.7 Å². The van der Waals surface area contributed by atoms with Gasteiger partial charge in [-0.15, -0.1) is 0 Å². The van der Waals surface area contributed by atoms with Crippen molar-refractivity contribution in [3.8, 4) is 0 Å². The van der Waals surface area contributed by atoms with Gasteiger partial charge >= 0.3 is 5.97 Å². The molecule has 134 valence electrons. The summed E-state index contributed by atoms with van der Waals surface area (Å²) in [4.78, 5) is 40.2. The van der Waals surface area contributed by atoms with Crippen LogP contribution in [0.5, 0.6) is 0 Å². The Balaban J connectivity index is 1.80. The van der Waals surface area contributed by atoms with Gasteiger partial charge in [0.05, 0.1) is 24.6 Å². The molecular weight excluding hydrogens is 332 g/mol. The molecule has 1 aliphatic carbocycles. The third-order valence-electron chi connectivity index (χ3n) is 5.64. The van der Waals surface area contributed by atoms with Gasteiger partial charge in [-0.05, 0) is 19.1 Å². The van der Waals surface area contributed by atoms with E-state index in [1.165, 1.54) is 12.0 Å². The van der Waals surface area contributed by atoms with Crippen molar-refractivity contribution >= 4 is 23.5 Å². The van der Waals surface area contributed by atoms with E-state index in [9.17, 15) is 14.4 Å². The lowest BCUT2D eigenvalue weighted by Crippen LogP contribution is -2.55. The molecule has 4 unspecified atom stereocenters. The van der Waals surface area contributed by atoms with E-state index in [0.29, 0.717) is 5.69 Å². The third kappa shape index (κ3) is 2.18. The summed E-state index contributed by atoms with van der Waals surface area (Å²) in [6.07, 6.45) is 7.76. The minimum atomic E-state index is -1.25. The van der Waals surface area contributed by atoms with Crippen LogP contribution in [0.3, 0.4) is 0 Å². The summed E-state index contributed by atoms with van der Waals surface area (Å²) >= 11 is 0. The van der Waals surface area contributed by atoms with Gasteiger partial charge < -0.3 is 4.74 Å². The highest BCUT2D eigenvalue weighted by atomic mass is 16.5. The van der Waals surface area contributed by atoms with Crippen LogP contribution in [0.25, 0.3) is 0 Å². The Labute approximate surface area is 151 Å².